The van der Waals surface area contributed by atoms with Gasteiger partial charge in [0.15, 0.2) is 0 Å². The van der Waals surface area contributed by atoms with E-state index in [0.717, 1.165) is 17.8 Å². The third kappa shape index (κ3) is 4.11. The molecule has 0 aliphatic heterocycles. The third-order valence-corrected chi connectivity index (χ3v) is 4.07. The maximum Gasteiger partial charge on any atom is 0.338 e. The quantitative estimate of drug-likeness (QED) is 0.483. The molecule has 0 fully saturated rings. The number of carbonyl (C=O) groups excluding carboxylic acids is 1. The number of rotatable bonds is 6. The van der Waals surface area contributed by atoms with Gasteiger partial charge < -0.3 is 9.84 Å². The lowest BCUT2D eigenvalue weighted by atomic mass is 10.2. The Morgan fingerprint density at radius 1 is 1.17 bits per heavy atom. The fraction of sp³-hybridized carbons (Fsp3) is 0.125. The second kappa shape index (κ2) is 7.60. The van der Waals surface area contributed by atoms with Crippen molar-refractivity contribution in [1.82, 2.24) is 0 Å². The van der Waals surface area contributed by atoms with Crippen LogP contribution in [-0.4, -0.2) is 28.6 Å². The second-order valence-electron chi connectivity index (χ2n) is 4.59. The summed E-state index contributed by atoms with van der Waals surface area (Å²) in [5, 5.41) is 20.1. The van der Waals surface area contributed by atoms with Gasteiger partial charge in [-0.2, -0.15) is 0 Å². The van der Waals surface area contributed by atoms with E-state index >= 15 is 0 Å². The highest BCUT2D eigenvalue weighted by Gasteiger charge is 2.18. The van der Waals surface area contributed by atoms with Gasteiger partial charge in [-0.3, -0.25) is 10.1 Å². The van der Waals surface area contributed by atoms with Crippen molar-refractivity contribution in [3.8, 4) is 0 Å². The molecule has 0 amide bonds. The lowest BCUT2D eigenvalue weighted by Crippen LogP contribution is -2.03. The van der Waals surface area contributed by atoms with Crippen LogP contribution in [0.1, 0.15) is 27.6 Å². The van der Waals surface area contributed by atoms with E-state index < -0.39 is 16.9 Å². The first-order chi connectivity index (χ1) is 11.4. The number of ether oxygens (including phenoxy) is 1. The average molecular weight is 347 g/mol. The van der Waals surface area contributed by atoms with Gasteiger partial charge in [-0.1, -0.05) is 11.8 Å². The molecule has 0 spiro atoms. The molecule has 2 aromatic rings. The van der Waals surface area contributed by atoms with Crippen LogP contribution in [0.3, 0.4) is 0 Å². The van der Waals surface area contributed by atoms with Crippen LogP contribution in [0.4, 0.5) is 5.69 Å². The number of nitro benzene ring substituents is 1. The van der Waals surface area contributed by atoms with Gasteiger partial charge in [-0.25, -0.2) is 9.59 Å². The number of carboxylic acids is 1. The van der Waals surface area contributed by atoms with E-state index in [0.29, 0.717) is 15.4 Å². The molecule has 0 atom stereocenters. The Kier molecular flexibility index (Phi) is 5.54. The standard InChI is InChI=1S/C16H13NO6S/c1-2-23-16(20)10-3-6-12(7-4-10)24-14-8-5-11(15(18)19)9-13(14)17(21)22/h3-9H,2H2,1H3,(H,18,19). The van der Waals surface area contributed by atoms with Gasteiger partial charge in [-0.15, -0.1) is 0 Å². The third-order valence-electron chi connectivity index (χ3n) is 3.00. The van der Waals surface area contributed by atoms with E-state index in [-0.39, 0.29) is 17.9 Å². The first-order valence-electron chi connectivity index (χ1n) is 6.89. The summed E-state index contributed by atoms with van der Waals surface area (Å²) in [7, 11) is 0. The first kappa shape index (κ1) is 17.5. The average Bonchev–Trinajstić information content (AvgIpc) is 2.55. The zero-order chi connectivity index (χ0) is 17.7. The summed E-state index contributed by atoms with van der Waals surface area (Å²) in [5.74, 6) is -1.67. The van der Waals surface area contributed by atoms with Crippen LogP contribution in [0.2, 0.25) is 0 Å². The summed E-state index contributed by atoms with van der Waals surface area (Å²) in [6.45, 7) is 1.99. The minimum atomic E-state index is -1.23. The zero-order valence-corrected chi connectivity index (χ0v) is 13.4. The molecule has 2 aromatic carbocycles. The number of nitro groups is 1. The van der Waals surface area contributed by atoms with Crippen LogP contribution < -0.4 is 0 Å². The molecule has 0 bridgehead atoms. The molecule has 124 valence electrons. The van der Waals surface area contributed by atoms with Gasteiger partial charge in [0.25, 0.3) is 5.69 Å². The van der Waals surface area contributed by atoms with Gasteiger partial charge in [0.05, 0.1) is 27.6 Å². The molecule has 2 rings (SSSR count). The topological polar surface area (TPSA) is 107 Å². The van der Waals surface area contributed by atoms with Crippen molar-refractivity contribution in [3.05, 3.63) is 63.7 Å². The predicted molar refractivity (Wildman–Crippen MR) is 86.6 cm³/mol. The predicted octanol–water partition coefficient (Wildman–Crippen LogP) is 3.62. The summed E-state index contributed by atoms with van der Waals surface area (Å²) in [6.07, 6.45) is 0. The molecular formula is C16H13NO6S. The van der Waals surface area contributed by atoms with Crippen molar-refractivity contribution in [2.75, 3.05) is 6.61 Å². The molecule has 0 aromatic heterocycles. The molecule has 0 aliphatic carbocycles. The molecule has 0 heterocycles. The van der Waals surface area contributed by atoms with Crippen molar-refractivity contribution < 1.29 is 24.4 Å². The fourth-order valence-corrected chi connectivity index (χ4v) is 2.78. The van der Waals surface area contributed by atoms with E-state index in [1.165, 1.54) is 12.1 Å². The largest absolute Gasteiger partial charge is 0.478 e. The van der Waals surface area contributed by atoms with E-state index in [1.54, 1.807) is 31.2 Å². The molecule has 24 heavy (non-hydrogen) atoms. The van der Waals surface area contributed by atoms with Crippen LogP contribution in [0, 0.1) is 10.1 Å². The Balaban J connectivity index is 2.26. The van der Waals surface area contributed by atoms with Crippen LogP contribution in [0.5, 0.6) is 0 Å². The minimum Gasteiger partial charge on any atom is -0.478 e. The zero-order valence-electron chi connectivity index (χ0n) is 12.6. The molecule has 0 unspecified atom stereocenters. The summed E-state index contributed by atoms with van der Waals surface area (Å²) >= 11 is 1.11. The Labute approximate surface area is 141 Å². The number of carbonyl (C=O) groups is 2. The molecule has 0 saturated heterocycles. The SMILES string of the molecule is CCOC(=O)c1ccc(Sc2ccc(C(=O)O)cc2[N+](=O)[O-])cc1. The van der Waals surface area contributed by atoms with E-state index in [2.05, 4.69) is 0 Å². The van der Waals surface area contributed by atoms with E-state index in [1.807, 2.05) is 0 Å². The van der Waals surface area contributed by atoms with E-state index in [9.17, 15) is 19.7 Å². The Bertz CT molecular complexity index is 788. The maximum absolute atomic E-state index is 11.6. The number of esters is 1. The molecule has 1 N–H and O–H groups in total. The lowest BCUT2D eigenvalue weighted by molar-refractivity contribution is -0.387. The number of aromatic carboxylic acids is 1. The normalized spacial score (nSPS) is 10.2. The Morgan fingerprint density at radius 2 is 1.79 bits per heavy atom. The molecule has 0 radical (unpaired) electrons. The van der Waals surface area contributed by atoms with Crippen molar-refractivity contribution in [2.24, 2.45) is 0 Å². The molecular weight excluding hydrogens is 334 g/mol. The molecule has 7 nitrogen and oxygen atoms in total. The van der Waals surface area contributed by atoms with Crippen molar-refractivity contribution >= 4 is 29.4 Å². The minimum absolute atomic E-state index is 0.149. The van der Waals surface area contributed by atoms with Gasteiger partial charge >= 0.3 is 11.9 Å². The highest BCUT2D eigenvalue weighted by molar-refractivity contribution is 7.99. The number of nitrogens with zero attached hydrogens (tertiary/aromatic N) is 1. The van der Waals surface area contributed by atoms with Gasteiger partial charge in [-0.05, 0) is 43.3 Å². The maximum atomic E-state index is 11.6. The first-order valence-corrected chi connectivity index (χ1v) is 7.70. The van der Waals surface area contributed by atoms with Crippen LogP contribution in [0.25, 0.3) is 0 Å². The monoisotopic (exact) mass is 347 g/mol. The highest BCUT2D eigenvalue weighted by Crippen LogP contribution is 2.35. The summed E-state index contributed by atoms with van der Waals surface area (Å²) in [4.78, 5) is 34.0. The Hall–Kier alpha value is -2.87. The molecule has 8 heteroatoms. The van der Waals surface area contributed by atoms with Crippen LogP contribution >= 0.6 is 11.8 Å². The number of carboxylic acid groups (broad SMARTS) is 1. The summed E-state index contributed by atoms with van der Waals surface area (Å²) in [6, 6.07) is 10.2. The summed E-state index contributed by atoms with van der Waals surface area (Å²) < 4.78 is 4.88. The summed E-state index contributed by atoms with van der Waals surface area (Å²) in [5.41, 5.74) is -0.0463. The van der Waals surface area contributed by atoms with Gasteiger partial charge in [0, 0.05) is 11.0 Å². The number of benzene rings is 2. The Morgan fingerprint density at radius 3 is 2.33 bits per heavy atom. The smallest absolute Gasteiger partial charge is 0.338 e. The highest BCUT2D eigenvalue weighted by atomic mass is 32.2. The lowest BCUT2D eigenvalue weighted by Gasteiger charge is -2.05. The fourth-order valence-electron chi connectivity index (χ4n) is 1.88. The van der Waals surface area contributed by atoms with Crippen molar-refractivity contribution in [1.29, 1.82) is 0 Å². The van der Waals surface area contributed by atoms with Crippen LogP contribution in [0.15, 0.2) is 52.3 Å². The second-order valence-corrected chi connectivity index (χ2v) is 5.71. The molecule has 0 saturated carbocycles. The van der Waals surface area contributed by atoms with Gasteiger partial charge in [0.2, 0.25) is 0 Å². The van der Waals surface area contributed by atoms with Crippen LogP contribution in [-0.2, 0) is 4.74 Å². The molecule has 0 aliphatic rings. The van der Waals surface area contributed by atoms with E-state index in [4.69, 9.17) is 9.84 Å². The van der Waals surface area contributed by atoms with Crippen molar-refractivity contribution in [3.63, 3.8) is 0 Å². The number of hydrogen-bond acceptors (Lipinski definition) is 6. The van der Waals surface area contributed by atoms with Gasteiger partial charge in [0.1, 0.15) is 0 Å². The number of hydrogen-bond donors (Lipinski definition) is 1. The van der Waals surface area contributed by atoms with Crippen molar-refractivity contribution in [2.45, 2.75) is 16.7 Å².